The number of nitrogens with one attached hydrogen (secondary N) is 1. The van der Waals surface area contributed by atoms with Crippen molar-refractivity contribution in [3.63, 3.8) is 0 Å². The Kier molecular flexibility index (Phi) is 7.63. The van der Waals surface area contributed by atoms with Crippen LogP contribution in [-0.2, 0) is 16.2 Å². The number of para-hydroxylation sites is 1. The van der Waals surface area contributed by atoms with Gasteiger partial charge in [-0.05, 0) is 42.5 Å². The van der Waals surface area contributed by atoms with Crippen molar-refractivity contribution < 1.29 is 31.1 Å². The Hall–Kier alpha value is -3.37. The number of hydrogen-bond acceptors (Lipinski definition) is 4. The summed E-state index contributed by atoms with van der Waals surface area (Å²) in [4.78, 5) is 12.7. The first kappa shape index (κ1) is 25.3. The number of nitrogens with zero attached hydrogens (tertiary/aromatic N) is 1. The minimum Gasteiger partial charge on any atom is -0.455 e. The Morgan fingerprint density at radius 3 is 2.18 bits per heavy atom. The van der Waals surface area contributed by atoms with E-state index in [0.717, 1.165) is 12.1 Å². The number of halogens is 3. The zero-order chi connectivity index (χ0) is 24.9. The van der Waals surface area contributed by atoms with E-state index >= 15 is 0 Å². The molecule has 0 aliphatic rings. The van der Waals surface area contributed by atoms with Gasteiger partial charge in [0.2, 0.25) is 10.0 Å². The van der Waals surface area contributed by atoms with Crippen molar-refractivity contribution in [3.8, 4) is 11.5 Å². The van der Waals surface area contributed by atoms with Crippen molar-refractivity contribution >= 4 is 21.6 Å². The molecule has 6 nitrogen and oxygen atoms in total. The molecule has 0 atom stereocenters. The standard InChI is InChI=1S/C24H23F3N2O4S/c1-3-29(4-2)34(31,32)18-14-15-22(33-17-10-6-5-7-11-17)21(16-18)28-23(30)19-12-8-9-13-20(19)24(25,26)27/h5-16H,3-4H2,1-2H3,(H,28,30). The first-order chi connectivity index (χ1) is 16.1. The average molecular weight is 493 g/mol. The number of rotatable bonds is 8. The van der Waals surface area contributed by atoms with Gasteiger partial charge >= 0.3 is 6.18 Å². The van der Waals surface area contributed by atoms with E-state index in [1.165, 1.54) is 34.6 Å². The third-order valence-electron chi connectivity index (χ3n) is 4.99. The highest BCUT2D eigenvalue weighted by molar-refractivity contribution is 7.89. The summed E-state index contributed by atoms with van der Waals surface area (Å²) >= 11 is 0. The van der Waals surface area contributed by atoms with Crippen LogP contribution >= 0.6 is 0 Å². The Bertz CT molecular complexity index is 1260. The molecule has 0 fully saturated rings. The molecule has 0 spiro atoms. The van der Waals surface area contributed by atoms with Crippen LogP contribution < -0.4 is 10.1 Å². The zero-order valence-corrected chi connectivity index (χ0v) is 19.3. The van der Waals surface area contributed by atoms with Crippen molar-refractivity contribution in [2.24, 2.45) is 0 Å². The van der Waals surface area contributed by atoms with Crippen molar-refractivity contribution in [2.75, 3.05) is 18.4 Å². The van der Waals surface area contributed by atoms with E-state index in [9.17, 15) is 26.4 Å². The lowest BCUT2D eigenvalue weighted by molar-refractivity contribution is -0.137. The van der Waals surface area contributed by atoms with E-state index in [1.807, 2.05) is 0 Å². The SMILES string of the molecule is CCN(CC)S(=O)(=O)c1ccc(Oc2ccccc2)c(NC(=O)c2ccccc2C(F)(F)F)c1. The van der Waals surface area contributed by atoms with E-state index in [1.54, 1.807) is 44.2 Å². The van der Waals surface area contributed by atoms with Crippen LogP contribution in [0, 0.1) is 0 Å². The lowest BCUT2D eigenvalue weighted by Gasteiger charge is -2.20. The molecule has 180 valence electrons. The summed E-state index contributed by atoms with van der Waals surface area (Å²) in [5.41, 5.74) is -1.79. The number of ether oxygens (including phenoxy) is 1. The van der Waals surface area contributed by atoms with Gasteiger partial charge in [-0.25, -0.2) is 8.42 Å². The van der Waals surface area contributed by atoms with Gasteiger partial charge in [0.15, 0.2) is 5.75 Å². The maximum Gasteiger partial charge on any atom is 0.417 e. The van der Waals surface area contributed by atoms with Crippen molar-refractivity contribution in [3.05, 3.63) is 83.9 Å². The summed E-state index contributed by atoms with van der Waals surface area (Å²) in [7, 11) is -3.90. The molecule has 0 saturated carbocycles. The van der Waals surface area contributed by atoms with E-state index in [4.69, 9.17) is 4.74 Å². The van der Waals surface area contributed by atoms with Crippen LogP contribution in [0.4, 0.5) is 18.9 Å². The molecular formula is C24H23F3N2O4S. The molecule has 34 heavy (non-hydrogen) atoms. The fraction of sp³-hybridized carbons (Fsp3) is 0.208. The summed E-state index contributed by atoms with van der Waals surface area (Å²) < 4.78 is 73.2. The van der Waals surface area contributed by atoms with E-state index in [-0.39, 0.29) is 29.4 Å². The number of alkyl halides is 3. The molecule has 0 unspecified atom stereocenters. The molecule has 0 heterocycles. The predicted octanol–water partition coefficient (Wildman–Crippen LogP) is 5.78. The molecular weight excluding hydrogens is 469 g/mol. The van der Waals surface area contributed by atoms with E-state index in [0.29, 0.717) is 5.75 Å². The van der Waals surface area contributed by atoms with E-state index < -0.39 is 33.2 Å². The fourth-order valence-electron chi connectivity index (χ4n) is 3.30. The minimum atomic E-state index is -4.74. The molecule has 0 aliphatic carbocycles. The van der Waals surface area contributed by atoms with Crippen LogP contribution in [0.15, 0.2) is 77.7 Å². The van der Waals surface area contributed by atoms with Gasteiger partial charge in [-0.2, -0.15) is 17.5 Å². The number of benzene rings is 3. The summed E-state index contributed by atoms with van der Waals surface area (Å²) in [6, 6.07) is 16.7. The molecule has 0 radical (unpaired) electrons. The first-order valence-electron chi connectivity index (χ1n) is 10.4. The van der Waals surface area contributed by atoms with Crippen molar-refractivity contribution in [1.29, 1.82) is 0 Å². The monoisotopic (exact) mass is 492 g/mol. The van der Waals surface area contributed by atoms with Gasteiger partial charge < -0.3 is 10.1 Å². The molecule has 3 aromatic rings. The normalized spacial score (nSPS) is 11.9. The molecule has 1 amide bonds. The highest BCUT2D eigenvalue weighted by atomic mass is 32.2. The first-order valence-corrected chi connectivity index (χ1v) is 11.9. The quantitative estimate of drug-likeness (QED) is 0.433. The van der Waals surface area contributed by atoms with Gasteiger partial charge in [0.1, 0.15) is 5.75 Å². The smallest absolute Gasteiger partial charge is 0.417 e. The van der Waals surface area contributed by atoms with Crippen LogP contribution in [0.5, 0.6) is 11.5 Å². The highest BCUT2D eigenvalue weighted by Crippen LogP contribution is 2.35. The highest BCUT2D eigenvalue weighted by Gasteiger charge is 2.35. The van der Waals surface area contributed by atoms with Crippen LogP contribution in [0.2, 0.25) is 0 Å². The molecule has 10 heteroatoms. The predicted molar refractivity (Wildman–Crippen MR) is 122 cm³/mol. The maximum atomic E-state index is 13.4. The Balaban J connectivity index is 2.07. The van der Waals surface area contributed by atoms with Gasteiger partial charge in [-0.3, -0.25) is 4.79 Å². The number of carbonyl (C=O) groups is 1. The van der Waals surface area contributed by atoms with Crippen LogP contribution in [0.25, 0.3) is 0 Å². The third-order valence-corrected chi connectivity index (χ3v) is 7.04. The molecule has 3 aromatic carbocycles. The molecule has 0 aromatic heterocycles. The minimum absolute atomic E-state index is 0.0718. The Labute approximate surface area is 196 Å². The number of hydrogen-bond donors (Lipinski definition) is 1. The second-order valence-electron chi connectivity index (χ2n) is 7.16. The summed E-state index contributed by atoms with van der Waals surface area (Å²) in [6.07, 6.45) is -4.74. The van der Waals surface area contributed by atoms with Gasteiger partial charge in [0.25, 0.3) is 5.91 Å². The second kappa shape index (κ2) is 10.3. The summed E-state index contributed by atoms with van der Waals surface area (Å²) in [5, 5.41) is 2.40. The lowest BCUT2D eigenvalue weighted by Crippen LogP contribution is -2.30. The molecule has 0 saturated heterocycles. The topological polar surface area (TPSA) is 75.7 Å². The number of sulfonamides is 1. The maximum absolute atomic E-state index is 13.4. The zero-order valence-electron chi connectivity index (χ0n) is 18.5. The molecule has 0 bridgehead atoms. The van der Waals surface area contributed by atoms with Gasteiger partial charge in [0.05, 0.1) is 21.7 Å². The Morgan fingerprint density at radius 1 is 0.941 bits per heavy atom. The average Bonchev–Trinajstić information content (AvgIpc) is 2.81. The van der Waals surface area contributed by atoms with Crippen molar-refractivity contribution in [2.45, 2.75) is 24.9 Å². The molecule has 1 N–H and O–H groups in total. The largest absolute Gasteiger partial charge is 0.455 e. The number of carbonyl (C=O) groups excluding carboxylic acids is 1. The van der Waals surface area contributed by atoms with Crippen LogP contribution in [0.1, 0.15) is 29.8 Å². The van der Waals surface area contributed by atoms with Gasteiger partial charge in [0, 0.05) is 13.1 Å². The molecule has 0 aliphatic heterocycles. The number of amides is 1. The van der Waals surface area contributed by atoms with Gasteiger partial charge in [-0.15, -0.1) is 0 Å². The third kappa shape index (κ3) is 5.57. The lowest BCUT2D eigenvalue weighted by atomic mass is 10.1. The van der Waals surface area contributed by atoms with Gasteiger partial charge in [-0.1, -0.05) is 44.2 Å². The number of anilines is 1. The van der Waals surface area contributed by atoms with Crippen molar-refractivity contribution in [1.82, 2.24) is 4.31 Å². The second-order valence-corrected chi connectivity index (χ2v) is 9.10. The van der Waals surface area contributed by atoms with Crippen LogP contribution in [-0.4, -0.2) is 31.7 Å². The molecule has 3 rings (SSSR count). The van der Waals surface area contributed by atoms with E-state index in [2.05, 4.69) is 5.32 Å². The Morgan fingerprint density at radius 2 is 1.56 bits per heavy atom. The fourth-order valence-corrected chi connectivity index (χ4v) is 4.79. The summed E-state index contributed by atoms with van der Waals surface area (Å²) in [5.74, 6) is -0.584. The van der Waals surface area contributed by atoms with Crippen LogP contribution in [0.3, 0.4) is 0 Å². The summed E-state index contributed by atoms with van der Waals surface area (Å²) in [6.45, 7) is 3.82.